The lowest BCUT2D eigenvalue weighted by molar-refractivity contribution is -0.272. The van der Waals surface area contributed by atoms with Crippen molar-refractivity contribution in [2.24, 2.45) is 0 Å². The van der Waals surface area contributed by atoms with E-state index < -0.39 is 34.4 Å². The van der Waals surface area contributed by atoms with Crippen LogP contribution in [-0.2, 0) is 33.2 Å². The van der Waals surface area contributed by atoms with Gasteiger partial charge in [-0.25, -0.2) is 9.59 Å². The molecule has 0 amide bonds. The van der Waals surface area contributed by atoms with Crippen LogP contribution < -0.4 is 34.9 Å². The van der Waals surface area contributed by atoms with Crippen molar-refractivity contribution in [2.45, 2.75) is 193 Å². The first-order valence-electron chi connectivity index (χ1n) is 35.8. The number of allylic oxidation sites excluding steroid dienone is 4. The van der Waals surface area contributed by atoms with Crippen molar-refractivity contribution in [3.8, 4) is 28.7 Å². The van der Waals surface area contributed by atoms with E-state index in [1.165, 1.54) is 23.3 Å². The van der Waals surface area contributed by atoms with Crippen LogP contribution in [0, 0.1) is 0 Å². The van der Waals surface area contributed by atoms with Gasteiger partial charge < -0.3 is 83.3 Å². The Kier molecular flexibility index (Phi) is 18.5. The summed E-state index contributed by atoms with van der Waals surface area (Å²) in [5.74, 6) is 0.833. The van der Waals surface area contributed by atoms with E-state index in [0.717, 1.165) is 82.3 Å². The van der Waals surface area contributed by atoms with Crippen LogP contribution in [0.25, 0.3) is 77.7 Å². The lowest BCUT2D eigenvalue weighted by Crippen LogP contribution is -2.40. The molecule has 6 aliphatic heterocycles. The molecule has 544 valence electrons. The second-order valence-corrected chi connectivity index (χ2v) is 30.1. The smallest absolute Gasteiger partial charge is 0.354 e. The minimum Gasteiger partial charge on any atom is -0.489 e. The summed E-state index contributed by atoms with van der Waals surface area (Å²) < 4.78 is 110. The number of hydrogen-bond acceptors (Lipinski definition) is 20. The van der Waals surface area contributed by atoms with Gasteiger partial charge in [0, 0.05) is 47.9 Å². The Hall–Kier alpha value is -9.54. The summed E-state index contributed by atoms with van der Waals surface area (Å²) >= 11 is 0. The molecule has 20 nitrogen and oxygen atoms in total. The quantitative estimate of drug-likeness (QED) is 0.0311. The summed E-state index contributed by atoms with van der Waals surface area (Å²) in [4.78, 5) is 23.6. The Bertz CT molecular complexity index is 5240. The van der Waals surface area contributed by atoms with E-state index in [1.54, 1.807) is 49.3 Å². The lowest BCUT2D eigenvalue weighted by Gasteiger charge is -2.32. The molecule has 16 rings (SSSR count). The molecule has 4 saturated heterocycles. The van der Waals surface area contributed by atoms with Crippen molar-refractivity contribution in [3.05, 3.63) is 195 Å². The maximum Gasteiger partial charge on any atom is 0.354 e. The minimum atomic E-state index is -1.47. The standard InChI is InChI=1S/2C42H44O10/c1-25(7-10-35-40(3,4)50-35)15-20-47-39-28-13-18-42(49-34(28)24-32-30(39)17-22-45-32)51-36(41(5,6)52-42)11-8-26(2)14-19-46-38-27-9-12-37(43)48-33(27)23-31-29(38)16-21-44-31;1-25(7-10-36-40(3,4)50-36)13-17-46-35-24-42(49-34-22-31-27(15-19-44-31)21-30(34)35)51-37(41(5,6)52-42)11-8-26(2)14-18-47-39-28-9-12-38(43)48-33(28)23-32-29(39)16-20-45-32/h9,12-18,21-24,35-36H,7-8,10-11,19-20H2,1-6H3;9,12-16,19-24,36-37H,7-8,10-11,17-18H2,1-6H3/b25-15+,26-14+;25-13+,26-14+/t35?,36-,42+;36?,37-,42-/m11/s1. The molecule has 12 heterocycles. The number of ether oxygens (including phenoxy) is 12. The number of rotatable bonds is 24. The predicted molar refractivity (Wildman–Crippen MR) is 393 cm³/mol. The average Bonchev–Trinajstić information content (AvgIpc) is 1.55. The minimum absolute atomic E-state index is 0.00205. The van der Waals surface area contributed by atoms with Crippen LogP contribution in [0.4, 0.5) is 0 Å². The van der Waals surface area contributed by atoms with Gasteiger partial charge in [0.1, 0.15) is 94.4 Å². The topological polar surface area (TPSA) is 230 Å². The summed E-state index contributed by atoms with van der Waals surface area (Å²) in [6.07, 6.45) is 27.3. The van der Waals surface area contributed by atoms with Crippen LogP contribution >= 0.6 is 0 Å². The molecule has 104 heavy (non-hydrogen) atoms. The normalized spacial score (nSPS) is 23.5. The van der Waals surface area contributed by atoms with Crippen molar-refractivity contribution in [1.82, 2.24) is 0 Å². The van der Waals surface area contributed by atoms with Crippen molar-refractivity contribution in [1.29, 1.82) is 0 Å². The molecule has 6 aromatic heterocycles. The lowest BCUT2D eigenvalue weighted by atomic mass is 9.96. The van der Waals surface area contributed by atoms with E-state index in [9.17, 15) is 9.59 Å². The van der Waals surface area contributed by atoms with E-state index in [4.69, 9.17) is 83.3 Å². The zero-order valence-corrected chi connectivity index (χ0v) is 60.8. The molecule has 0 saturated carbocycles. The van der Waals surface area contributed by atoms with Gasteiger partial charge in [0.2, 0.25) is 0 Å². The first kappa shape index (κ1) is 70.1. The molecule has 0 bridgehead atoms. The molecule has 10 aromatic rings. The fourth-order valence-electron chi connectivity index (χ4n) is 14.2. The van der Waals surface area contributed by atoms with Crippen LogP contribution in [0.15, 0.2) is 199 Å². The first-order chi connectivity index (χ1) is 49.8. The van der Waals surface area contributed by atoms with Crippen LogP contribution in [0.3, 0.4) is 0 Å². The van der Waals surface area contributed by atoms with Gasteiger partial charge in [-0.05, 0) is 207 Å². The molecule has 0 aliphatic carbocycles. The van der Waals surface area contributed by atoms with E-state index in [-0.39, 0.29) is 23.4 Å². The van der Waals surface area contributed by atoms with Gasteiger partial charge in [-0.3, -0.25) is 0 Å². The summed E-state index contributed by atoms with van der Waals surface area (Å²) in [7, 11) is 0. The molecular formula is C84H88O20. The first-order valence-corrected chi connectivity index (χ1v) is 35.8. The molecule has 2 spiro atoms. The SMILES string of the molecule is C/C(=C\COC1=C[C@@]2(Oc3cc4occc4cc31)O[C@H](CC/C(C)=C/COc1c3ccoc3cc3oc(=O)ccc13)C(C)(C)O2)CCC1OC1(C)C.C/C(=C\COc1c2c(cc3occc13)O[C@@]1(C=C2)O[C@H](CC/C(C)=C/COc2c3ccoc3cc3oc(=O)ccc23)C(C)(C)O1)CCC1OC1(C)C. The summed E-state index contributed by atoms with van der Waals surface area (Å²) in [5.41, 5.74) is 7.62. The molecule has 4 fully saturated rings. The van der Waals surface area contributed by atoms with Crippen LogP contribution in [0.2, 0.25) is 0 Å². The molecule has 6 aliphatic rings. The van der Waals surface area contributed by atoms with Crippen molar-refractivity contribution in [3.63, 3.8) is 0 Å². The molecular weight excluding hydrogens is 1330 g/mol. The van der Waals surface area contributed by atoms with E-state index >= 15 is 0 Å². The molecule has 6 atom stereocenters. The third kappa shape index (κ3) is 14.7. The van der Waals surface area contributed by atoms with Gasteiger partial charge in [-0.2, -0.15) is 0 Å². The Balaban J connectivity index is 0.000000167. The third-order valence-corrected chi connectivity index (χ3v) is 20.6. The summed E-state index contributed by atoms with van der Waals surface area (Å²) in [6.45, 7) is 26.5. The maximum absolute atomic E-state index is 11.8. The fourth-order valence-corrected chi connectivity index (χ4v) is 14.2. The highest BCUT2D eigenvalue weighted by Crippen LogP contribution is 2.51. The fraction of sp³-hybridized carbons (Fsp3) is 0.405. The molecule has 4 aromatic carbocycles. The highest BCUT2D eigenvalue weighted by Gasteiger charge is 2.57. The van der Waals surface area contributed by atoms with Gasteiger partial charge in [-0.15, -0.1) is 0 Å². The van der Waals surface area contributed by atoms with Crippen molar-refractivity contribution >= 4 is 77.7 Å². The predicted octanol–water partition coefficient (Wildman–Crippen LogP) is 19.2. The average molecular weight is 1420 g/mol. The molecule has 0 radical (unpaired) electrons. The Labute approximate surface area is 601 Å². The van der Waals surface area contributed by atoms with Crippen LogP contribution in [0.1, 0.15) is 146 Å². The van der Waals surface area contributed by atoms with Crippen LogP contribution in [0.5, 0.6) is 28.7 Å². The zero-order valence-electron chi connectivity index (χ0n) is 60.8. The molecule has 2 unspecified atom stereocenters. The highest BCUT2D eigenvalue weighted by molar-refractivity contribution is 6.02. The number of hydrogen-bond donors (Lipinski definition) is 0. The van der Waals surface area contributed by atoms with Gasteiger partial charge in [0.15, 0.2) is 0 Å². The molecule has 20 heteroatoms. The summed E-state index contributed by atoms with van der Waals surface area (Å²) in [6, 6.07) is 22.9. The highest BCUT2D eigenvalue weighted by atomic mass is 16.9. The Morgan fingerprint density at radius 2 is 0.808 bits per heavy atom. The second-order valence-electron chi connectivity index (χ2n) is 30.1. The van der Waals surface area contributed by atoms with E-state index in [2.05, 4.69) is 67.5 Å². The maximum atomic E-state index is 11.8. The van der Waals surface area contributed by atoms with Gasteiger partial charge in [0.05, 0.1) is 116 Å². The molecule has 0 N–H and O–H groups in total. The van der Waals surface area contributed by atoms with Crippen molar-refractivity contribution < 1.29 is 83.3 Å². The number of furan rings is 4. The number of epoxide rings is 2. The van der Waals surface area contributed by atoms with Gasteiger partial charge in [0.25, 0.3) is 0 Å². The third-order valence-electron chi connectivity index (χ3n) is 20.6. The number of benzene rings is 4. The Morgan fingerprint density at radius 3 is 1.31 bits per heavy atom. The second kappa shape index (κ2) is 27.5. The zero-order chi connectivity index (χ0) is 72.5. The van der Waals surface area contributed by atoms with Crippen LogP contribution in [-0.4, -0.2) is 85.2 Å². The number of fused-ring (bicyclic) bond motifs is 8. The van der Waals surface area contributed by atoms with Crippen molar-refractivity contribution in [2.75, 3.05) is 26.4 Å². The van der Waals surface area contributed by atoms with Gasteiger partial charge in [-0.1, -0.05) is 22.3 Å². The van der Waals surface area contributed by atoms with Gasteiger partial charge >= 0.3 is 23.2 Å². The monoisotopic (exact) mass is 1420 g/mol. The summed E-state index contributed by atoms with van der Waals surface area (Å²) in [5, 5.41) is 4.87. The Morgan fingerprint density at radius 1 is 0.413 bits per heavy atom. The van der Waals surface area contributed by atoms with E-state index in [0.29, 0.717) is 130 Å². The largest absolute Gasteiger partial charge is 0.489 e. The van der Waals surface area contributed by atoms with E-state index in [1.807, 2.05) is 101 Å².